The van der Waals surface area contributed by atoms with Crippen molar-refractivity contribution in [2.24, 2.45) is 0 Å². The topological polar surface area (TPSA) is 25.4 Å². The van der Waals surface area contributed by atoms with Crippen LogP contribution in [-0.4, -0.2) is 24.7 Å². The molecule has 1 atom stereocenters. The monoisotopic (exact) mass is 320 g/mol. The number of anilines is 1. The highest BCUT2D eigenvalue weighted by molar-refractivity contribution is 7.15. The Labute approximate surface area is 121 Å². The summed E-state index contributed by atoms with van der Waals surface area (Å²) in [6.07, 6.45) is -3.53. The van der Waals surface area contributed by atoms with Crippen LogP contribution in [0, 0.1) is 0 Å². The van der Waals surface area contributed by atoms with Crippen molar-refractivity contribution in [1.82, 2.24) is 4.98 Å². The molecule has 8 heteroatoms. The largest absolute Gasteiger partial charge is 0.427 e. The molecule has 1 aliphatic rings. The van der Waals surface area contributed by atoms with Crippen LogP contribution in [0.1, 0.15) is 16.5 Å². The Morgan fingerprint density at radius 3 is 2.90 bits per heavy atom. The molecule has 3 nitrogen and oxygen atoms in total. The van der Waals surface area contributed by atoms with Gasteiger partial charge in [-0.3, -0.25) is 0 Å². The van der Waals surface area contributed by atoms with Crippen molar-refractivity contribution >= 4 is 27.8 Å². The first-order valence-corrected chi connectivity index (χ1v) is 7.71. The van der Waals surface area contributed by atoms with E-state index in [0.29, 0.717) is 36.2 Å². The molecule has 0 aromatic carbocycles. The number of aromatic nitrogens is 1. The van der Waals surface area contributed by atoms with Gasteiger partial charge in [0, 0.05) is 6.54 Å². The molecule has 0 amide bonds. The molecule has 0 aliphatic carbocycles. The van der Waals surface area contributed by atoms with Gasteiger partial charge >= 0.3 is 6.18 Å². The van der Waals surface area contributed by atoms with Gasteiger partial charge in [-0.2, -0.15) is 24.5 Å². The van der Waals surface area contributed by atoms with Crippen LogP contribution in [-0.2, 0) is 10.9 Å². The van der Waals surface area contributed by atoms with Crippen LogP contribution < -0.4 is 4.90 Å². The molecule has 108 valence electrons. The second-order valence-electron chi connectivity index (χ2n) is 4.37. The zero-order valence-electron chi connectivity index (χ0n) is 10.3. The van der Waals surface area contributed by atoms with Gasteiger partial charge in [0.1, 0.15) is 11.0 Å². The van der Waals surface area contributed by atoms with E-state index in [4.69, 9.17) is 4.74 Å². The normalized spacial score (nSPS) is 20.4. The van der Waals surface area contributed by atoms with Crippen LogP contribution in [0.2, 0.25) is 0 Å². The Kier molecular flexibility index (Phi) is 3.70. The number of hydrogen-bond donors (Lipinski definition) is 0. The van der Waals surface area contributed by atoms with E-state index in [9.17, 15) is 13.2 Å². The zero-order chi connectivity index (χ0) is 14.2. The van der Waals surface area contributed by atoms with E-state index in [1.54, 1.807) is 11.3 Å². The Morgan fingerprint density at radius 1 is 1.40 bits per heavy atom. The van der Waals surface area contributed by atoms with Crippen LogP contribution in [0.5, 0.6) is 0 Å². The quantitative estimate of drug-likeness (QED) is 0.841. The van der Waals surface area contributed by atoms with Crippen LogP contribution in [0.4, 0.5) is 18.3 Å². The molecule has 0 unspecified atom stereocenters. The van der Waals surface area contributed by atoms with E-state index in [1.807, 2.05) is 21.7 Å². The molecule has 3 rings (SSSR count). The fraction of sp³-hybridized carbons (Fsp3) is 0.417. The van der Waals surface area contributed by atoms with E-state index in [2.05, 4.69) is 4.98 Å². The third kappa shape index (κ3) is 2.82. The first-order chi connectivity index (χ1) is 9.54. The second-order valence-corrected chi connectivity index (χ2v) is 6.16. The molecule has 2 aromatic rings. The number of alkyl halides is 3. The molecule has 1 saturated heterocycles. The van der Waals surface area contributed by atoms with Gasteiger partial charge < -0.3 is 9.64 Å². The molecule has 0 saturated carbocycles. The lowest BCUT2D eigenvalue weighted by Gasteiger charge is -2.32. The minimum Gasteiger partial charge on any atom is -0.370 e. The summed E-state index contributed by atoms with van der Waals surface area (Å²) in [5.74, 6) is 0. The van der Waals surface area contributed by atoms with Crippen LogP contribution >= 0.6 is 22.7 Å². The maximum atomic E-state index is 12.6. The minimum atomic E-state index is -4.32. The van der Waals surface area contributed by atoms with Gasteiger partial charge in [-0.25, -0.2) is 4.98 Å². The molecule has 1 fully saturated rings. The van der Waals surface area contributed by atoms with Crippen LogP contribution in [0.25, 0.3) is 0 Å². The molecular weight excluding hydrogens is 309 g/mol. The third-order valence-electron chi connectivity index (χ3n) is 3.02. The second kappa shape index (κ2) is 5.34. The Balaban J connectivity index is 1.75. The fourth-order valence-electron chi connectivity index (χ4n) is 2.03. The Morgan fingerprint density at radius 2 is 2.25 bits per heavy atom. The van der Waals surface area contributed by atoms with Crippen molar-refractivity contribution in [2.45, 2.75) is 12.3 Å². The lowest BCUT2D eigenvalue weighted by molar-refractivity contribution is -0.134. The summed E-state index contributed by atoms with van der Waals surface area (Å²) in [5.41, 5.74) is 1.06. The summed E-state index contributed by atoms with van der Waals surface area (Å²) in [6.45, 7) is 1.58. The third-order valence-corrected chi connectivity index (χ3v) is 4.83. The first kappa shape index (κ1) is 13.8. The number of thiophene rings is 1. The number of hydrogen-bond acceptors (Lipinski definition) is 5. The van der Waals surface area contributed by atoms with Crippen molar-refractivity contribution < 1.29 is 17.9 Å². The standard InChI is InChI=1S/C12H11F3N2OS2/c13-12(14,15)10-5-16-11(20-10)17-2-3-18-9(6-17)8-1-4-19-7-8/h1,4-5,7,9H,2-3,6H2/t9-/m1/s1. The number of nitrogens with zero attached hydrogens (tertiary/aromatic N) is 2. The van der Waals surface area contributed by atoms with Crippen molar-refractivity contribution in [3.8, 4) is 0 Å². The molecule has 3 heterocycles. The Hall–Kier alpha value is -1.12. The van der Waals surface area contributed by atoms with Crippen molar-refractivity contribution in [1.29, 1.82) is 0 Å². The van der Waals surface area contributed by atoms with E-state index in [1.165, 1.54) is 0 Å². The fourth-order valence-corrected chi connectivity index (χ4v) is 3.54. The van der Waals surface area contributed by atoms with Gasteiger partial charge in [-0.1, -0.05) is 11.3 Å². The Bertz CT molecular complexity index is 568. The van der Waals surface area contributed by atoms with E-state index >= 15 is 0 Å². The molecule has 1 aliphatic heterocycles. The van der Waals surface area contributed by atoms with E-state index < -0.39 is 11.1 Å². The summed E-state index contributed by atoms with van der Waals surface area (Å²) in [4.78, 5) is 5.09. The van der Waals surface area contributed by atoms with E-state index in [0.717, 1.165) is 11.8 Å². The smallest absolute Gasteiger partial charge is 0.370 e. The van der Waals surface area contributed by atoms with Gasteiger partial charge in [-0.05, 0) is 22.4 Å². The molecule has 2 aromatic heterocycles. The predicted molar refractivity (Wildman–Crippen MR) is 72.3 cm³/mol. The first-order valence-electron chi connectivity index (χ1n) is 5.96. The van der Waals surface area contributed by atoms with Crippen LogP contribution in [0.3, 0.4) is 0 Å². The highest BCUT2D eigenvalue weighted by Crippen LogP contribution is 2.37. The number of rotatable bonds is 2. The zero-order valence-corrected chi connectivity index (χ0v) is 11.9. The minimum absolute atomic E-state index is 0.103. The highest BCUT2D eigenvalue weighted by Gasteiger charge is 2.34. The van der Waals surface area contributed by atoms with Gasteiger partial charge in [0.15, 0.2) is 5.13 Å². The summed E-state index contributed by atoms with van der Waals surface area (Å²) < 4.78 is 43.5. The summed E-state index contributed by atoms with van der Waals surface area (Å²) >= 11 is 2.26. The molecular formula is C12H11F3N2OS2. The lowest BCUT2D eigenvalue weighted by atomic mass is 10.1. The number of thiazole rings is 1. The van der Waals surface area contributed by atoms with Crippen molar-refractivity contribution in [2.75, 3.05) is 24.6 Å². The molecule has 0 spiro atoms. The van der Waals surface area contributed by atoms with Gasteiger partial charge in [0.2, 0.25) is 0 Å². The average Bonchev–Trinajstić information content (AvgIpc) is 3.10. The molecule has 0 radical (unpaired) electrons. The predicted octanol–water partition coefficient (Wildman–Crippen LogP) is 3.80. The molecule has 0 bridgehead atoms. The van der Waals surface area contributed by atoms with Crippen LogP contribution in [0.15, 0.2) is 23.0 Å². The van der Waals surface area contributed by atoms with Gasteiger partial charge in [0.05, 0.1) is 19.3 Å². The summed E-state index contributed by atoms with van der Waals surface area (Å²) in [5, 5.41) is 4.36. The maximum absolute atomic E-state index is 12.6. The van der Waals surface area contributed by atoms with E-state index in [-0.39, 0.29) is 6.10 Å². The summed E-state index contributed by atoms with van der Waals surface area (Å²) in [6, 6.07) is 1.97. The van der Waals surface area contributed by atoms with Gasteiger partial charge in [-0.15, -0.1) is 0 Å². The maximum Gasteiger partial charge on any atom is 0.427 e. The molecule has 20 heavy (non-hydrogen) atoms. The number of halogens is 3. The highest BCUT2D eigenvalue weighted by atomic mass is 32.1. The van der Waals surface area contributed by atoms with Crippen molar-refractivity contribution in [3.05, 3.63) is 33.5 Å². The average molecular weight is 320 g/mol. The lowest BCUT2D eigenvalue weighted by Crippen LogP contribution is -2.38. The number of morpholine rings is 1. The molecule has 0 N–H and O–H groups in total. The van der Waals surface area contributed by atoms with Crippen molar-refractivity contribution in [3.63, 3.8) is 0 Å². The number of ether oxygens (including phenoxy) is 1. The van der Waals surface area contributed by atoms with Gasteiger partial charge in [0.25, 0.3) is 0 Å². The summed E-state index contributed by atoms with van der Waals surface area (Å²) in [7, 11) is 0. The SMILES string of the molecule is FC(F)(F)c1cnc(N2CCO[C@@H](c3ccsc3)C2)s1.